The smallest absolute Gasteiger partial charge is 0.343 e. The molecule has 0 aliphatic rings. The number of nitrogens with zero attached hydrogens (tertiary/aromatic N) is 2. The average Bonchev–Trinajstić information content (AvgIpc) is 3.00. The number of aryl methyl sites for hydroxylation is 1. The van der Waals surface area contributed by atoms with E-state index < -0.39 is 0 Å². The number of carbonyl (C=O) groups is 1. The van der Waals surface area contributed by atoms with Crippen LogP contribution in [0, 0.1) is 0 Å². The minimum Gasteiger partial charge on any atom is -0.423 e. The molecular formula is C35H40N2O2S. The van der Waals surface area contributed by atoms with Gasteiger partial charge in [0, 0.05) is 22.9 Å². The van der Waals surface area contributed by atoms with Gasteiger partial charge in [0.25, 0.3) is 0 Å². The summed E-state index contributed by atoms with van der Waals surface area (Å²) in [6, 6.07) is 23.6. The van der Waals surface area contributed by atoms with E-state index in [9.17, 15) is 4.79 Å². The molecule has 4 aromatic rings. The first kappa shape index (κ1) is 29.5. The van der Waals surface area contributed by atoms with Crippen LogP contribution in [0.1, 0.15) is 81.1 Å². The number of hydrogen-bond acceptors (Lipinski definition) is 5. The van der Waals surface area contributed by atoms with E-state index in [0.29, 0.717) is 17.1 Å². The third-order valence-corrected chi connectivity index (χ3v) is 8.02. The van der Waals surface area contributed by atoms with Gasteiger partial charge < -0.3 is 4.74 Å². The lowest BCUT2D eigenvalue weighted by Crippen LogP contribution is -2.08. The SMILES string of the molecule is CCCCCCSc1ccc(-c2ccc(C(=O)Oc3ccc(-c4ncc(CCCCCC)cn4)cc3)cc2)cc1. The average molecular weight is 553 g/mol. The van der Waals surface area contributed by atoms with Crippen LogP contribution in [0.4, 0.5) is 0 Å². The van der Waals surface area contributed by atoms with E-state index in [0.717, 1.165) is 23.1 Å². The molecule has 0 unspecified atom stereocenters. The van der Waals surface area contributed by atoms with E-state index in [4.69, 9.17) is 4.74 Å². The molecule has 1 heterocycles. The Morgan fingerprint density at radius 3 is 1.88 bits per heavy atom. The summed E-state index contributed by atoms with van der Waals surface area (Å²) >= 11 is 1.92. The van der Waals surface area contributed by atoms with Crippen molar-refractivity contribution in [1.29, 1.82) is 0 Å². The fourth-order valence-corrected chi connectivity index (χ4v) is 5.40. The Morgan fingerprint density at radius 2 is 1.25 bits per heavy atom. The van der Waals surface area contributed by atoms with Crippen molar-refractivity contribution in [3.63, 3.8) is 0 Å². The maximum Gasteiger partial charge on any atom is 0.343 e. The van der Waals surface area contributed by atoms with Crippen molar-refractivity contribution >= 4 is 17.7 Å². The predicted octanol–water partition coefficient (Wildman–Crippen LogP) is 9.82. The van der Waals surface area contributed by atoms with Crippen LogP contribution in [0.15, 0.2) is 90.1 Å². The molecule has 0 amide bonds. The van der Waals surface area contributed by atoms with Gasteiger partial charge in [0.2, 0.25) is 0 Å². The van der Waals surface area contributed by atoms with Gasteiger partial charge in [0.1, 0.15) is 5.75 Å². The van der Waals surface area contributed by atoms with Crippen LogP contribution < -0.4 is 4.74 Å². The van der Waals surface area contributed by atoms with Crippen molar-refractivity contribution < 1.29 is 9.53 Å². The first-order valence-electron chi connectivity index (χ1n) is 14.6. The van der Waals surface area contributed by atoms with Crippen molar-refractivity contribution in [1.82, 2.24) is 9.97 Å². The lowest BCUT2D eigenvalue weighted by atomic mass is 10.0. The quantitative estimate of drug-likeness (QED) is 0.0636. The summed E-state index contributed by atoms with van der Waals surface area (Å²) in [4.78, 5) is 23.1. The Balaban J connectivity index is 1.28. The molecule has 208 valence electrons. The summed E-state index contributed by atoms with van der Waals surface area (Å²) in [5.41, 5.74) is 4.79. The molecule has 0 saturated carbocycles. The Hall–Kier alpha value is -3.44. The predicted molar refractivity (Wildman–Crippen MR) is 167 cm³/mol. The molecule has 0 radical (unpaired) electrons. The third-order valence-electron chi connectivity index (χ3n) is 6.92. The summed E-state index contributed by atoms with van der Waals surface area (Å²) in [5, 5.41) is 0. The van der Waals surface area contributed by atoms with Crippen LogP contribution in [0.5, 0.6) is 5.75 Å². The van der Waals surface area contributed by atoms with Crippen LogP contribution >= 0.6 is 11.8 Å². The molecule has 3 aromatic carbocycles. The number of rotatable bonds is 15. The van der Waals surface area contributed by atoms with Crippen LogP contribution in [0.3, 0.4) is 0 Å². The molecule has 5 heteroatoms. The number of carbonyl (C=O) groups excluding carboxylic acids is 1. The first-order chi connectivity index (χ1) is 19.7. The molecule has 0 atom stereocenters. The number of ether oxygens (including phenoxy) is 1. The zero-order chi connectivity index (χ0) is 28.0. The van der Waals surface area contributed by atoms with E-state index >= 15 is 0 Å². The van der Waals surface area contributed by atoms with Crippen LogP contribution in [0.2, 0.25) is 0 Å². The second-order valence-electron chi connectivity index (χ2n) is 10.2. The van der Waals surface area contributed by atoms with Gasteiger partial charge in [0.15, 0.2) is 5.82 Å². The largest absolute Gasteiger partial charge is 0.423 e. The monoisotopic (exact) mass is 552 g/mol. The molecule has 0 N–H and O–H groups in total. The van der Waals surface area contributed by atoms with Crippen LogP contribution in [-0.2, 0) is 6.42 Å². The van der Waals surface area contributed by atoms with Crippen molar-refractivity contribution in [2.24, 2.45) is 0 Å². The number of aromatic nitrogens is 2. The van der Waals surface area contributed by atoms with Crippen LogP contribution in [-0.4, -0.2) is 21.7 Å². The number of unbranched alkanes of at least 4 members (excludes halogenated alkanes) is 6. The molecule has 0 fully saturated rings. The molecule has 4 nitrogen and oxygen atoms in total. The molecule has 0 aliphatic heterocycles. The summed E-state index contributed by atoms with van der Waals surface area (Å²) in [7, 11) is 0. The molecule has 0 bridgehead atoms. The minimum atomic E-state index is -0.377. The van der Waals surface area contributed by atoms with E-state index in [1.54, 1.807) is 12.1 Å². The highest BCUT2D eigenvalue weighted by Gasteiger charge is 2.10. The molecule has 40 heavy (non-hydrogen) atoms. The fourth-order valence-electron chi connectivity index (χ4n) is 4.49. The maximum absolute atomic E-state index is 12.7. The number of esters is 1. The third kappa shape index (κ3) is 9.06. The molecule has 0 spiro atoms. The maximum atomic E-state index is 12.7. The van der Waals surface area contributed by atoms with Gasteiger partial charge >= 0.3 is 5.97 Å². The fraction of sp³-hybridized carbons (Fsp3) is 0.343. The van der Waals surface area contributed by atoms with E-state index in [1.807, 2.05) is 60.6 Å². The topological polar surface area (TPSA) is 52.1 Å². The van der Waals surface area contributed by atoms with Gasteiger partial charge in [-0.1, -0.05) is 76.6 Å². The van der Waals surface area contributed by atoms with Crippen molar-refractivity contribution in [3.8, 4) is 28.3 Å². The number of thioether (sulfide) groups is 1. The molecular weight excluding hydrogens is 512 g/mol. The molecule has 1 aromatic heterocycles. The van der Waals surface area contributed by atoms with Gasteiger partial charge in [0.05, 0.1) is 5.56 Å². The minimum absolute atomic E-state index is 0.377. The van der Waals surface area contributed by atoms with Gasteiger partial charge in [-0.2, -0.15) is 0 Å². The Kier molecular flexibility index (Phi) is 11.8. The molecule has 0 saturated heterocycles. The van der Waals surface area contributed by atoms with E-state index in [-0.39, 0.29) is 5.97 Å². The van der Waals surface area contributed by atoms with Crippen molar-refractivity contribution in [2.45, 2.75) is 76.5 Å². The second-order valence-corrected chi connectivity index (χ2v) is 11.3. The zero-order valence-corrected chi connectivity index (χ0v) is 24.6. The highest BCUT2D eigenvalue weighted by atomic mass is 32.2. The normalized spacial score (nSPS) is 10.9. The number of hydrogen-bond donors (Lipinski definition) is 0. The highest BCUT2D eigenvalue weighted by molar-refractivity contribution is 7.99. The van der Waals surface area contributed by atoms with Crippen LogP contribution in [0.25, 0.3) is 22.5 Å². The Morgan fingerprint density at radius 1 is 0.675 bits per heavy atom. The highest BCUT2D eigenvalue weighted by Crippen LogP contribution is 2.26. The lowest BCUT2D eigenvalue weighted by Gasteiger charge is -2.08. The summed E-state index contributed by atoms with van der Waals surface area (Å²) in [6.45, 7) is 4.46. The summed E-state index contributed by atoms with van der Waals surface area (Å²) < 4.78 is 5.62. The standard InChI is InChI=1S/C35H40N2O2S/c1-3-5-7-9-11-27-25-36-34(37-26-27)30-16-20-32(21-17-30)39-35(38)31-14-12-28(13-15-31)29-18-22-33(23-19-29)40-24-10-8-6-4-2/h12-23,25-26H,3-11,24H2,1-2H3. The number of benzene rings is 3. The molecule has 4 rings (SSSR count). The van der Waals surface area contributed by atoms with E-state index in [1.165, 1.54) is 67.6 Å². The second kappa shape index (κ2) is 16.0. The van der Waals surface area contributed by atoms with Gasteiger partial charge in [-0.25, -0.2) is 14.8 Å². The van der Waals surface area contributed by atoms with E-state index in [2.05, 4.69) is 48.1 Å². The first-order valence-corrected chi connectivity index (χ1v) is 15.6. The Bertz CT molecular complexity index is 1300. The summed E-state index contributed by atoms with van der Waals surface area (Å²) in [5.74, 6) is 1.95. The summed E-state index contributed by atoms with van der Waals surface area (Å²) in [6.07, 6.45) is 14.9. The lowest BCUT2D eigenvalue weighted by molar-refractivity contribution is 0.0735. The van der Waals surface area contributed by atoms with Gasteiger partial charge in [-0.15, -0.1) is 11.8 Å². The van der Waals surface area contributed by atoms with Crippen molar-refractivity contribution in [3.05, 3.63) is 96.3 Å². The van der Waals surface area contributed by atoms with Gasteiger partial charge in [-0.05, 0) is 90.2 Å². The van der Waals surface area contributed by atoms with Gasteiger partial charge in [-0.3, -0.25) is 0 Å². The molecule has 0 aliphatic carbocycles. The zero-order valence-electron chi connectivity index (χ0n) is 23.8. The van der Waals surface area contributed by atoms with Crippen molar-refractivity contribution in [2.75, 3.05) is 5.75 Å². The Labute approximate surface area is 243 Å².